The molecule has 1 aromatic carbocycles. The molecule has 0 aliphatic carbocycles. The quantitative estimate of drug-likeness (QED) is 0.846. The first kappa shape index (κ1) is 11.5. The minimum Gasteiger partial charge on any atom is -0.490 e. The Morgan fingerprint density at radius 1 is 1.44 bits per heavy atom. The van der Waals surface area contributed by atoms with E-state index in [0.29, 0.717) is 5.92 Å². The van der Waals surface area contributed by atoms with Crippen LogP contribution in [0.2, 0.25) is 0 Å². The van der Waals surface area contributed by atoms with Crippen LogP contribution in [0.5, 0.6) is 5.75 Å². The zero-order chi connectivity index (χ0) is 11.5. The van der Waals surface area contributed by atoms with Crippen molar-refractivity contribution in [3.63, 3.8) is 0 Å². The van der Waals surface area contributed by atoms with E-state index in [1.54, 1.807) is 0 Å². The van der Waals surface area contributed by atoms with Crippen molar-refractivity contribution < 1.29 is 4.74 Å². The van der Waals surface area contributed by atoms with Crippen LogP contribution in [0.15, 0.2) is 24.3 Å². The van der Waals surface area contributed by atoms with Crippen LogP contribution >= 0.6 is 0 Å². The second kappa shape index (κ2) is 4.88. The largest absolute Gasteiger partial charge is 0.490 e. The normalized spacial score (nSPS) is 25.7. The molecular formula is C14H21NO. The Morgan fingerprint density at radius 2 is 2.19 bits per heavy atom. The van der Waals surface area contributed by atoms with Gasteiger partial charge >= 0.3 is 0 Å². The van der Waals surface area contributed by atoms with Crippen LogP contribution in [0.3, 0.4) is 0 Å². The molecule has 0 amide bonds. The van der Waals surface area contributed by atoms with E-state index in [0.717, 1.165) is 17.7 Å². The van der Waals surface area contributed by atoms with Gasteiger partial charge in [0.2, 0.25) is 0 Å². The molecule has 3 unspecified atom stereocenters. The molecule has 0 aromatic heterocycles. The molecule has 2 heteroatoms. The van der Waals surface area contributed by atoms with E-state index < -0.39 is 0 Å². The molecule has 0 fully saturated rings. The number of nitrogens with two attached hydrogens (primary N) is 1. The second-order valence-electron chi connectivity index (χ2n) is 4.80. The number of fused-ring (bicyclic) bond motifs is 1. The summed E-state index contributed by atoms with van der Waals surface area (Å²) in [6.07, 6.45) is 3.64. The monoisotopic (exact) mass is 219 g/mol. The van der Waals surface area contributed by atoms with Crippen molar-refractivity contribution in [1.29, 1.82) is 0 Å². The number of para-hydroxylation sites is 1. The summed E-state index contributed by atoms with van der Waals surface area (Å²) in [5.74, 6) is 1.57. The van der Waals surface area contributed by atoms with Crippen molar-refractivity contribution >= 4 is 0 Å². The maximum absolute atomic E-state index is 6.19. The molecule has 2 nitrogen and oxygen atoms in total. The Bertz CT molecular complexity index is 350. The zero-order valence-corrected chi connectivity index (χ0v) is 10.1. The summed E-state index contributed by atoms with van der Waals surface area (Å²) >= 11 is 0. The highest BCUT2D eigenvalue weighted by Crippen LogP contribution is 2.36. The molecule has 1 aliphatic rings. The van der Waals surface area contributed by atoms with Crippen molar-refractivity contribution in [2.24, 2.45) is 11.7 Å². The van der Waals surface area contributed by atoms with Crippen LogP contribution < -0.4 is 10.5 Å². The van der Waals surface area contributed by atoms with Gasteiger partial charge in [-0.05, 0) is 18.4 Å². The minimum absolute atomic E-state index is 0.134. The molecule has 88 valence electrons. The van der Waals surface area contributed by atoms with Gasteiger partial charge in [0.25, 0.3) is 0 Å². The summed E-state index contributed by atoms with van der Waals surface area (Å²) in [5, 5.41) is 0. The maximum atomic E-state index is 6.19. The number of hydrogen-bond donors (Lipinski definition) is 1. The van der Waals surface area contributed by atoms with Crippen molar-refractivity contribution in [2.45, 2.75) is 45.3 Å². The van der Waals surface area contributed by atoms with Gasteiger partial charge in [0.05, 0.1) is 0 Å². The third kappa shape index (κ3) is 2.22. The van der Waals surface area contributed by atoms with E-state index in [2.05, 4.69) is 19.9 Å². The highest BCUT2D eigenvalue weighted by Gasteiger charge is 2.28. The fourth-order valence-electron chi connectivity index (χ4n) is 2.47. The molecule has 0 bridgehead atoms. The smallest absolute Gasteiger partial charge is 0.124 e. The van der Waals surface area contributed by atoms with E-state index in [-0.39, 0.29) is 12.1 Å². The zero-order valence-electron chi connectivity index (χ0n) is 10.1. The first-order valence-electron chi connectivity index (χ1n) is 6.23. The van der Waals surface area contributed by atoms with Crippen molar-refractivity contribution in [2.75, 3.05) is 0 Å². The fourth-order valence-corrected chi connectivity index (χ4v) is 2.47. The van der Waals surface area contributed by atoms with Gasteiger partial charge in [-0.2, -0.15) is 0 Å². The van der Waals surface area contributed by atoms with Gasteiger partial charge in [0, 0.05) is 18.0 Å². The lowest BCUT2D eigenvalue weighted by molar-refractivity contribution is 0.102. The van der Waals surface area contributed by atoms with E-state index in [4.69, 9.17) is 10.5 Å². The lowest BCUT2D eigenvalue weighted by Crippen LogP contribution is -2.34. The predicted octanol–water partition coefficient (Wildman–Crippen LogP) is 3.27. The third-order valence-electron chi connectivity index (χ3n) is 3.46. The van der Waals surface area contributed by atoms with E-state index >= 15 is 0 Å². The average Bonchev–Trinajstić information content (AvgIpc) is 2.29. The molecule has 0 saturated heterocycles. The molecule has 0 spiro atoms. The van der Waals surface area contributed by atoms with E-state index in [1.165, 1.54) is 12.8 Å². The van der Waals surface area contributed by atoms with Gasteiger partial charge in [-0.3, -0.25) is 0 Å². The predicted molar refractivity (Wildman–Crippen MR) is 66.5 cm³/mol. The van der Waals surface area contributed by atoms with Crippen LogP contribution in [-0.4, -0.2) is 6.10 Å². The molecule has 0 saturated carbocycles. The second-order valence-corrected chi connectivity index (χ2v) is 4.80. The molecule has 1 heterocycles. The summed E-state index contributed by atoms with van der Waals surface area (Å²) < 4.78 is 6.04. The van der Waals surface area contributed by atoms with Gasteiger partial charge in [-0.25, -0.2) is 0 Å². The Balaban J connectivity index is 2.14. The highest BCUT2D eigenvalue weighted by atomic mass is 16.5. The Kier molecular flexibility index (Phi) is 3.49. The minimum atomic E-state index is 0.134. The molecule has 1 aromatic rings. The molecule has 16 heavy (non-hydrogen) atoms. The van der Waals surface area contributed by atoms with Gasteiger partial charge in [0.15, 0.2) is 0 Å². The first-order chi connectivity index (χ1) is 7.72. The van der Waals surface area contributed by atoms with Gasteiger partial charge in [-0.1, -0.05) is 38.5 Å². The molecule has 1 aliphatic heterocycles. The van der Waals surface area contributed by atoms with E-state index in [9.17, 15) is 0 Å². The number of ether oxygens (including phenoxy) is 1. The molecule has 0 radical (unpaired) electrons. The fraction of sp³-hybridized carbons (Fsp3) is 0.571. The highest BCUT2D eigenvalue weighted by molar-refractivity contribution is 5.37. The average molecular weight is 219 g/mol. The Labute approximate surface area is 97.8 Å². The van der Waals surface area contributed by atoms with Crippen molar-refractivity contribution in [3.8, 4) is 5.75 Å². The summed E-state index contributed by atoms with van der Waals surface area (Å²) in [6, 6.07) is 8.27. The summed E-state index contributed by atoms with van der Waals surface area (Å²) in [7, 11) is 0. The third-order valence-corrected chi connectivity index (χ3v) is 3.46. The Morgan fingerprint density at radius 3 is 2.94 bits per heavy atom. The molecule has 2 N–H and O–H groups in total. The lowest BCUT2D eigenvalue weighted by atomic mass is 9.89. The maximum Gasteiger partial charge on any atom is 0.124 e. The van der Waals surface area contributed by atoms with Crippen molar-refractivity contribution in [3.05, 3.63) is 29.8 Å². The van der Waals surface area contributed by atoms with Crippen LogP contribution in [-0.2, 0) is 0 Å². The summed E-state index contributed by atoms with van der Waals surface area (Å²) in [5.41, 5.74) is 7.35. The summed E-state index contributed by atoms with van der Waals surface area (Å²) in [4.78, 5) is 0. The molecule has 2 rings (SSSR count). The van der Waals surface area contributed by atoms with Gasteiger partial charge in [-0.15, -0.1) is 0 Å². The topological polar surface area (TPSA) is 35.2 Å². The lowest BCUT2D eigenvalue weighted by Gasteiger charge is -2.33. The van der Waals surface area contributed by atoms with Crippen molar-refractivity contribution in [1.82, 2.24) is 0 Å². The number of hydrogen-bond acceptors (Lipinski definition) is 2. The van der Waals surface area contributed by atoms with Gasteiger partial charge in [0.1, 0.15) is 11.9 Å². The van der Waals surface area contributed by atoms with Crippen LogP contribution in [0, 0.1) is 5.92 Å². The van der Waals surface area contributed by atoms with Crippen LogP contribution in [0.25, 0.3) is 0 Å². The number of benzene rings is 1. The van der Waals surface area contributed by atoms with Crippen LogP contribution in [0.1, 0.15) is 44.7 Å². The van der Waals surface area contributed by atoms with Gasteiger partial charge < -0.3 is 10.5 Å². The number of rotatable bonds is 3. The molecule has 3 atom stereocenters. The standard InChI is InChI=1S/C14H21NO/c1-3-6-10(2)14-9-12(15)11-7-4-5-8-13(11)16-14/h4-5,7-8,10,12,14H,3,6,9,15H2,1-2H3. The SMILES string of the molecule is CCCC(C)C1CC(N)c2ccccc2O1. The van der Waals surface area contributed by atoms with Crippen LogP contribution in [0.4, 0.5) is 0 Å². The Hall–Kier alpha value is -1.02. The summed E-state index contributed by atoms with van der Waals surface area (Å²) in [6.45, 7) is 4.47. The first-order valence-corrected chi connectivity index (χ1v) is 6.23. The molecular weight excluding hydrogens is 198 g/mol. The van der Waals surface area contributed by atoms with E-state index in [1.807, 2.05) is 18.2 Å².